The van der Waals surface area contributed by atoms with Crippen molar-refractivity contribution in [2.45, 2.75) is 18.6 Å². The predicted octanol–water partition coefficient (Wildman–Crippen LogP) is 3.29. The van der Waals surface area contributed by atoms with Crippen molar-refractivity contribution < 1.29 is 17.6 Å². The number of benzene rings is 3. The minimum atomic E-state index is -3.77. The summed E-state index contributed by atoms with van der Waals surface area (Å²) < 4.78 is 39.8. The number of carbonyl (C=O) groups is 1. The highest BCUT2D eigenvalue weighted by Gasteiger charge is 2.37. The third-order valence-corrected chi connectivity index (χ3v) is 7.40. The van der Waals surface area contributed by atoms with Gasteiger partial charge in [-0.3, -0.25) is 10.2 Å². The number of nitrogens with zero attached hydrogens (tertiary/aromatic N) is 1. The molecular weight excluding hydrogens is 441 g/mol. The van der Waals surface area contributed by atoms with Crippen LogP contribution in [0.3, 0.4) is 0 Å². The molecule has 0 atom stereocenters. The number of carbonyl (C=O) groups excluding carboxylic acids is 1. The van der Waals surface area contributed by atoms with Crippen molar-refractivity contribution in [2.24, 2.45) is 0 Å². The number of sulfonamides is 1. The summed E-state index contributed by atoms with van der Waals surface area (Å²) in [5.74, 6) is -1.51. The molecule has 1 fully saturated rings. The van der Waals surface area contributed by atoms with Gasteiger partial charge in [-0.15, -0.1) is 4.83 Å². The van der Waals surface area contributed by atoms with E-state index in [9.17, 15) is 17.6 Å². The third kappa shape index (κ3) is 5.47. The molecule has 3 aromatic carbocycles. The smallest absolute Gasteiger partial charge is 0.269 e. The second kappa shape index (κ2) is 9.82. The van der Waals surface area contributed by atoms with E-state index in [4.69, 9.17) is 0 Å². The lowest BCUT2D eigenvalue weighted by atomic mass is 9.99. The van der Waals surface area contributed by atoms with E-state index in [-0.39, 0.29) is 5.56 Å². The number of hydrogen-bond donors (Lipinski definition) is 2. The molecule has 2 N–H and O–H groups in total. The Morgan fingerprint density at radius 1 is 1.00 bits per heavy atom. The average Bonchev–Trinajstić information content (AvgIpc) is 2.79. The first-order chi connectivity index (χ1) is 15.8. The highest BCUT2D eigenvalue weighted by molar-refractivity contribution is 7.90. The van der Waals surface area contributed by atoms with Gasteiger partial charge in [-0.2, -0.15) is 0 Å². The van der Waals surface area contributed by atoms with Gasteiger partial charge in [0, 0.05) is 19.6 Å². The summed E-state index contributed by atoms with van der Waals surface area (Å²) in [6.45, 7) is 3.10. The zero-order valence-electron chi connectivity index (χ0n) is 18.3. The molecule has 1 saturated heterocycles. The lowest BCUT2D eigenvalue weighted by Crippen LogP contribution is -2.60. The van der Waals surface area contributed by atoms with Crippen LogP contribution >= 0.6 is 0 Å². The van der Waals surface area contributed by atoms with Crippen molar-refractivity contribution in [3.05, 3.63) is 95.3 Å². The summed E-state index contributed by atoms with van der Waals surface area (Å²) in [7, 11) is -3.77. The fourth-order valence-electron chi connectivity index (χ4n) is 3.83. The van der Waals surface area contributed by atoms with Gasteiger partial charge in [0.15, 0.2) is 0 Å². The fourth-order valence-corrected chi connectivity index (χ4v) is 5.05. The van der Waals surface area contributed by atoms with Crippen LogP contribution in [0.1, 0.15) is 21.5 Å². The van der Waals surface area contributed by atoms with Crippen molar-refractivity contribution in [1.82, 2.24) is 15.2 Å². The van der Waals surface area contributed by atoms with Crippen molar-refractivity contribution in [2.75, 3.05) is 19.6 Å². The SMILES string of the molecule is Cc1cc(-c2ccccc2)cc(C(=O)NNS(=O)(=O)C2CN(CCc3ccccc3)C2)c1F. The maximum absolute atomic E-state index is 14.6. The zero-order chi connectivity index (χ0) is 23.4. The van der Waals surface area contributed by atoms with Crippen LogP contribution < -0.4 is 10.3 Å². The Hall–Kier alpha value is -3.07. The van der Waals surface area contributed by atoms with E-state index in [0.717, 1.165) is 18.5 Å². The predicted molar refractivity (Wildman–Crippen MR) is 126 cm³/mol. The van der Waals surface area contributed by atoms with E-state index < -0.39 is 27.0 Å². The number of halogens is 1. The molecule has 0 bridgehead atoms. The molecule has 0 spiro atoms. The first-order valence-corrected chi connectivity index (χ1v) is 12.3. The van der Waals surface area contributed by atoms with Crippen LogP contribution in [0.5, 0.6) is 0 Å². The molecular formula is C25H26FN3O3S. The van der Waals surface area contributed by atoms with Crippen molar-refractivity contribution in [1.29, 1.82) is 0 Å². The van der Waals surface area contributed by atoms with Crippen LogP contribution in [0.25, 0.3) is 11.1 Å². The van der Waals surface area contributed by atoms with Crippen LogP contribution in [-0.2, 0) is 16.4 Å². The van der Waals surface area contributed by atoms with Gasteiger partial charge < -0.3 is 4.90 Å². The molecule has 0 aliphatic carbocycles. The van der Waals surface area contributed by atoms with Gasteiger partial charge in [0.05, 0.1) is 5.56 Å². The summed E-state index contributed by atoms with van der Waals surface area (Å²) in [5, 5.41) is -0.629. The van der Waals surface area contributed by atoms with Crippen LogP contribution in [-0.4, -0.2) is 44.1 Å². The Labute approximate surface area is 193 Å². The standard InChI is InChI=1S/C25H26FN3O3S/c1-18-14-21(20-10-6-3-7-11-20)15-23(24(18)26)25(30)27-28-33(31,32)22-16-29(17-22)13-12-19-8-4-2-5-9-19/h2-11,14-15,22,28H,12-13,16-17H2,1H3,(H,27,30). The van der Waals surface area contributed by atoms with Crippen LogP contribution in [0, 0.1) is 12.7 Å². The molecule has 6 nitrogen and oxygen atoms in total. The Morgan fingerprint density at radius 2 is 1.64 bits per heavy atom. The number of amides is 1. The monoisotopic (exact) mass is 467 g/mol. The molecule has 4 rings (SSSR count). The van der Waals surface area contributed by atoms with Crippen molar-refractivity contribution >= 4 is 15.9 Å². The van der Waals surface area contributed by atoms with E-state index in [1.807, 2.05) is 65.6 Å². The maximum atomic E-state index is 14.6. The molecule has 0 saturated carbocycles. The second-order valence-corrected chi connectivity index (χ2v) is 10.2. The lowest BCUT2D eigenvalue weighted by Gasteiger charge is -2.38. The normalized spacial score (nSPS) is 14.6. The summed E-state index contributed by atoms with van der Waals surface area (Å²) in [5.41, 5.74) is 4.97. The first-order valence-electron chi connectivity index (χ1n) is 10.8. The van der Waals surface area contributed by atoms with Gasteiger partial charge in [0.1, 0.15) is 11.1 Å². The Bertz CT molecular complexity index is 1230. The van der Waals surface area contributed by atoms with Gasteiger partial charge in [-0.1, -0.05) is 60.7 Å². The number of rotatable bonds is 8. The van der Waals surface area contributed by atoms with Crippen LogP contribution in [0.2, 0.25) is 0 Å². The van der Waals surface area contributed by atoms with E-state index in [2.05, 4.69) is 10.3 Å². The summed E-state index contributed by atoms with van der Waals surface area (Å²) >= 11 is 0. The number of hydrazine groups is 1. The van der Waals surface area contributed by atoms with Gasteiger partial charge >= 0.3 is 0 Å². The quantitative estimate of drug-likeness (QED) is 0.499. The van der Waals surface area contributed by atoms with Gasteiger partial charge in [-0.05, 0) is 47.7 Å². The Morgan fingerprint density at radius 3 is 2.30 bits per heavy atom. The highest BCUT2D eigenvalue weighted by atomic mass is 32.2. The fraction of sp³-hybridized carbons (Fsp3) is 0.240. The number of hydrogen-bond acceptors (Lipinski definition) is 4. The maximum Gasteiger partial charge on any atom is 0.269 e. The van der Waals surface area contributed by atoms with E-state index in [1.54, 1.807) is 13.0 Å². The van der Waals surface area contributed by atoms with Crippen LogP contribution in [0.15, 0.2) is 72.8 Å². The summed E-state index contributed by atoms with van der Waals surface area (Å²) in [6.07, 6.45) is 0.841. The average molecular weight is 468 g/mol. The molecule has 172 valence electrons. The third-order valence-electron chi connectivity index (χ3n) is 5.84. The lowest BCUT2D eigenvalue weighted by molar-refractivity contribution is 0.0939. The largest absolute Gasteiger partial charge is 0.300 e. The van der Waals surface area contributed by atoms with Crippen molar-refractivity contribution in [3.8, 4) is 11.1 Å². The van der Waals surface area contributed by atoms with Crippen LogP contribution in [0.4, 0.5) is 4.39 Å². The zero-order valence-corrected chi connectivity index (χ0v) is 19.1. The number of likely N-dealkylation sites (tertiary alicyclic amines) is 1. The molecule has 1 heterocycles. The number of nitrogens with one attached hydrogen (secondary N) is 2. The minimum Gasteiger partial charge on any atom is -0.300 e. The highest BCUT2D eigenvalue weighted by Crippen LogP contribution is 2.25. The Balaban J connectivity index is 1.34. The second-order valence-electron chi connectivity index (χ2n) is 8.24. The molecule has 8 heteroatoms. The molecule has 1 aliphatic heterocycles. The van der Waals surface area contributed by atoms with Gasteiger partial charge in [0.2, 0.25) is 10.0 Å². The number of aryl methyl sites for hydroxylation is 1. The molecule has 1 amide bonds. The van der Waals surface area contributed by atoms with E-state index >= 15 is 0 Å². The Kier molecular flexibility index (Phi) is 6.88. The molecule has 0 radical (unpaired) electrons. The van der Waals surface area contributed by atoms with Gasteiger partial charge in [-0.25, -0.2) is 12.8 Å². The molecule has 3 aromatic rings. The molecule has 0 unspecified atom stereocenters. The first kappa shape index (κ1) is 23.1. The van der Waals surface area contributed by atoms with E-state index in [0.29, 0.717) is 24.2 Å². The minimum absolute atomic E-state index is 0.213. The van der Waals surface area contributed by atoms with E-state index in [1.165, 1.54) is 11.6 Å². The molecule has 33 heavy (non-hydrogen) atoms. The van der Waals surface area contributed by atoms with Crippen molar-refractivity contribution in [3.63, 3.8) is 0 Å². The topological polar surface area (TPSA) is 78.5 Å². The molecule has 0 aromatic heterocycles. The summed E-state index contributed by atoms with van der Waals surface area (Å²) in [6, 6.07) is 22.4. The van der Waals surface area contributed by atoms with Gasteiger partial charge in [0.25, 0.3) is 5.91 Å². The summed E-state index contributed by atoms with van der Waals surface area (Å²) in [4.78, 5) is 16.8. The molecule has 1 aliphatic rings.